The zero-order valence-electron chi connectivity index (χ0n) is 47.7. The van der Waals surface area contributed by atoms with Crippen molar-refractivity contribution >= 4 is 19.7 Å². The molecule has 1 amide bonds. The summed E-state index contributed by atoms with van der Waals surface area (Å²) in [5.41, 5.74) is 0. The lowest BCUT2D eigenvalue weighted by molar-refractivity contribution is -0.870. The van der Waals surface area contributed by atoms with Gasteiger partial charge in [-0.15, -0.1) is 0 Å². The molecule has 0 heterocycles. The zero-order chi connectivity index (χ0) is 52.9. The van der Waals surface area contributed by atoms with E-state index in [-0.39, 0.29) is 31.5 Å². The first-order valence-electron chi connectivity index (χ1n) is 29.8. The fourth-order valence-electron chi connectivity index (χ4n) is 8.32. The Labute approximate surface area is 444 Å². The monoisotopic (exact) mass is 1030 g/mol. The number of phosphoric ester groups is 1. The Balaban J connectivity index is 5.25. The van der Waals surface area contributed by atoms with Gasteiger partial charge in [-0.2, -0.15) is 0 Å². The van der Waals surface area contributed by atoms with Crippen LogP contribution in [0.2, 0.25) is 0 Å². The summed E-state index contributed by atoms with van der Waals surface area (Å²) in [6, 6.07) is -0.859. The summed E-state index contributed by atoms with van der Waals surface area (Å²) in [6.45, 7) is 6.84. The van der Waals surface area contributed by atoms with Gasteiger partial charge < -0.3 is 19.4 Å². The van der Waals surface area contributed by atoms with E-state index < -0.39 is 20.0 Å². The van der Waals surface area contributed by atoms with Gasteiger partial charge >= 0.3 is 13.8 Å². The van der Waals surface area contributed by atoms with E-state index in [1.165, 1.54) is 135 Å². The highest BCUT2D eigenvalue weighted by molar-refractivity contribution is 7.47. The van der Waals surface area contributed by atoms with Crippen molar-refractivity contribution < 1.29 is 37.3 Å². The lowest BCUT2D eigenvalue weighted by Crippen LogP contribution is -2.47. The molecule has 418 valence electrons. The van der Waals surface area contributed by atoms with Crippen molar-refractivity contribution in [3.63, 3.8) is 0 Å². The maximum absolute atomic E-state index is 13.5. The number of carbonyl (C=O) groups excluding carboxylic acids is 2. The first-order chi connectivity index (χ1) is 34.9. The molecular formula is C62H114N2O7P+. The average molecular weight is 1030 g/mol. The molecule has 0 radical (unpaired) electrons. The van der Waals surface area contributed by atoms with E-state index >= 15 is 0 Å². The Morgan fingerprint density at radius 2 is 0.944 bits per heavy atom. The van der Waals surface area contributed by atoms with E-state index in [9.17, 15) is 19.0 Å². The topological polar surface area (TPSA) is 111 Å². The number of nitrogens with zero attached hydrogens (tertiary/aromatic N) is 1. The third-order valence-corrected chi connectivity index (χ3v) is 13.9. The maximum Gasteiger partial charge on any atom is 0.472 e. The number of hydrogen-bond acceptors (Lipinski definition) is 6. The fraction of sp³-hybridized carbons (Fsp3) is 0.774. The van der Waals surface area contributed by atoms with Crippen molar-refractivity contribution in [2.75, 3.05) is 40.9 Å². The second-order valence-electron chi connectivity index (χ2n) is 21.2. The van der Waals surface area contributed by atoms with Crippen LogP contribution in [0, 0.1) is 0 Å². The molecule has 0 aliphatic heterocycles. The van der Waals surface area contributed by atoms with Gasteiger partial charge in [-0.05, 0) is 83.1 Å². The van der Waals surface area contributed by atoms with Crippen LogP contribution >= 0.6 is 7.82 Å². The number of allylic oxidation sites excluding steroid dienone is 11. The molecule has 72 heavy (non-hydrogen) atoms. The largest absolute Gasteiger partial charge is 0.472 e. The first kappa shape index (κ1) is 69.5. The van der Waals surface area contributed by atoms with Gasteiger partial charge in [-0.25, -0.2) is 4.57 Å². The van der Waals surface area contributed by atoms with Gasteiger partial charge in [-0.1, -0.05) is 235 Å². The molecule has 0 rings (SSSR count). The quantitative estimate of drug-likeness (QED) is 0.0156. The van der Waals surface area contributed by atoms with E-state index in [4.69, 9.17) is 13.8 Å². The van der Waals surface area contributed by atoms with Gasteiger partial charge in [0.05, 0.1) is 33.8 Å². The first-order valence-corrected chi connectivity index (χ1v) is 31.3. The summed E-state index contributed by atoms with van der Waals surface area (Å²) in [5.74, 6) is -0.531. The van der Waals surface area contributed by atoms with E-state index in [1.54, 1.807) is 0 Å². The van der Waals surface area contributed by atoms with Crippen LogP contribution in [0.4, 0.5) is 0 Å². The molecule has 0 aliphatic carbocycles. The second-order valence-corrected chi connectivity index (χ2v) is 22.7. The van der Waals surface area contributed by atoms with Gasteiger partial charge in [0.15, 0.2) is 0 Å². The molecular weight excluding hydrogens is 916 g/mol. The predicted molar refractivity (Wildman–Crippen MR) is 309 cm³/mol. The van der Waals surface area contributed by atoms with Crippen molar-refractivity contribution in [3.05, 3.63) is 72.9 Å². The lowest BCUT2D eigenvalue weighted by atomic mass is 10.0. The van der Waals surface area contributed by atoms with Crippen molar-refractivity contribution in [1.29, 1.82) is 0 Å². The highest BCUT2D eigenvalue weighted by Gasteiger charge is 2.30. The normalized spacial score (nSPS) is 14.3. The fourth-order valence-corrected chi connectivity index (χ4v) is 9.06. The van der Waals surface area contributed by atoms with Gasteiger partial charge in [-0.3, -0.25) is 18.6 Å². The second kappa shape index (κ2) is 51.9. The summed E-state index contributed by atoms with van der Waals surface area (Å²) >= 11 is 0. The van der Waals surface area contributed by atoms with E-state index in [1.807, 2.05) is 33.3 Å². The highest BCUT2D eigenvalue weighted by Crippen LogP contribution is 2.43. The van der Waals surface area contributed by atoms with Crippen LogP contribution in [-0.4, -0.2) is 74.3 Å². The minimum atomic E-state index is -4.45. The number of quaternary nitrogens is 1. The minimum Gasteiger partial charge on any atom is -0.456 e. The van der Waals surface area contributed by atoms with Crippen molar-refractivity contribution in [1.82, 2.24) is 5.32 Å². The number of esters is 1. The van der Waals surface area contributed by atoms with Crippen LogP contribution in [0.25, 0.3) is 0 Å². The minimum absolute atomic E-state index is 0.0341. The Morgan fingerprint density at radius 3 is 1.46 bits per heavy atom. The average Bonchev–Trinajstić information content (AvgIpc) is 3.34. The van der Waals surface area contributed by atoms with Crippen LogP contribution in [0.15, 0.2) is 72.9 Å². The van der Waals surface area contributed by atoms with Crippen LogP contribution in [0.5, 0.6) is 0 Å². The molecule has 0 fully saturated rings. The summed E-state index contributed by atoms with van der Waals surface area (Å²) in [6.07, 6.45) is 66.1. The molecule has 3 unspecified atom stereocenters. The molecule has 0 spiro atoms. The number of nitrogens with one attached hydrogen (secondary N) is 1. The van der Waals surface area contributed by atoms with Crippen molar-refractivity contribution in [3.8, 4) is 0 Å². The third kappa shape index (κ3) is 52.3. The van der Waals surface area contributed by atoms with Crippen LogP contribution in [0.3, 0.4) is 0 Å². The van der Waals surface area contributed by atoms with Crippen LogP contribution in [0.1, 0.15) is 258 Å². The smallest absolute Gasteiger partial charge is 0.456 e. The standard InChI is InChI=1S/C62H113N2O7P/c1-7-10-13-16-19-22-25-28-29-30-31-32-33-34-35-37-39-42-45-48-51-54-61(65)63-59(58-70-72(67,68)69-57-56-64(4,5)6)60(53-50-47-44-41-38-27-24-21-18-15-12-9-3)71-62(66)55-52-49-46-43-40-36-26-23-20-17-14-11-8-2/h11,14,17,19-20,22-23,26,28-29,50,53,59-60H,7-10,12-13,15-16,18,21,24-25,27,30-49,51-52,54-58H2,1-6H3,(H-,63,65,67,68)/p+1/b14-11+,20-17+,22-19-,26-23-,29-28-,53-50-. The number of amides is 1. The lowest BCUT2D eigenvalue weighted by Gasteiger charge is -2.27. The van der Waals surface area contributed by atoms with Gasteiger partial charge in [0.25, 0.3) is 0 Å². The molecule has 3 atom stereocenters. The predicted octanol–water partition coefficient (Wildman–Crippen LogP) is 18.1. The van der Waals surface area contributed by atoms with Gasteiger partial charge in [0.2, 0.25) is 5.91 Å². The highest BCUT2D eigenvalue weighted by atomic mass is 31.2. The summed E-state index contributed by atoms with van der Waals surface area (Å²) in [7, 11) is 1.48. The number of carbonyl (C=O) groups is 2. The summed E-state index contributed by atoms with van der Waals surface area (Å²) < 4.78 is 30.6. The number of phosphoric acid groups is 1. The van der Waals surface area contributed by atoms with Crippen molar-refractivity contribution in [2.45, 2.75) is 270 Å². The SMILES string of the molecule is CC/C=C/C=C/C=C\CCCCCCCC(=O)OC(/C=C\CCCCCCCCCCCC)C(COP(=O)(O)OCC[N+](C)(C)C)NC(=O)CCCCCCCCCCCCC/C=C\C/C=C\CCCCC. The van der Waals surface area contributed by atoms with Crippen molar-refractivity contribution in [2.24, 2.45) is 0 Å². The van der Waals surface area contributed by atoms with E-state index in [0.717, 1.165) is 83.5 Å². The molecule has 2 N–H and O–H groups in total. The molecule has 0 saturated carbocycles. The molecule has 0 aliphatic rings. The number of ether oxygens (including phenoxy) is 1. The van der Waals surface area contributed by atoms with Gasteiger partial charge in [0, 0.05) is 12.8 Å². The summed E-state index contributed by atoms with van der Waals surface area (Å²) in [4.78, 5) is 37.6. The molecule has 0 bridgehead atoms. The molecule has 0 aromatic heterocycles. The van der Waals surface area contributed by atoms with E-state index in [0.29, 0.717) is 23.9 Å². The Kier molecular flexibility index (Phi) is 50.1. The zero-order valence-corrected chi connectivity index (χ0v) is 48.6. The Morgan fingerprint density at radius 1 is 0.514 bits per heavy atom. The number of likely N-dealkylation sites (N-methyl/N-ethyl adjacent to an activating group) is 1. The molecule has 9 nitrogen and oxygen atoms in total. The number of unbranched alkanes of at least 4 members (excludes halogenated alkanes) is 29. The summed E-state index contributed by atoms with van der Waals surface area (Å²) in [5, 5.41) is 3.05. The molecule has 0 aromatic rings. The Hall–Kier alpha value is -2.55. The maximum atomic E-state index is 13.5. The molecule has 0 aromatic carbocycles. The number of hydrogen-bond donors (Lipinski definition) is 2. The number of rotatable bonds is 53. The Bertz CT molecular complexity index is 1460. The van der Waals surface area contributed by atoms with Crippen LogP contribution in [-0.2, 0) is 27.9 Å². The van der Waals surface area contributed by atoms with Gasteiger partial charge in [0.1, 0.15) is 19.3 Å². The van der Waals surface area contributed by atoms with E-state index in [2.05, 4.69) is 86.8 Å². The third-order valence-electron chi connectivity index (χ3n) is 12.9. The molecule has 0 saturated heterocycles. The molecule has 10 heteroatoms. The van der Waals surface area contributed by atoms with Crippen LogP contribution < -0.4 is 5.32 Å².